The van der Waals surface area contributed by atoms with Crippen molar-refractivity contribution in [3.05, 3.63) is 89.0 Å². The second kappa shape index (κ2) is 8.60. The van der Waals surface area contributed by atoms with E-state index in [1.807, 2.05) is 48.5 Å². The number of ether oxygens (including phenoxy) is 2. The number of furan rings is 1. The van der Waals surface area contributed by atoms with Crippen LogP contribution in [0.2, 0.25) is 5.15 Å². The van der Waals surface area contributed by atoms with Crippen molar-refractivity contribution >= 4 is 34.1 Å². The summed E-state index contributed by atoms with van der Waals surface area (Å²) in [6.07, 6.45) is 1.93. The fraction of sp³-hybridized carbons (Fsp3) is 0.160. The molecule has 1 amide bonds. The maximum absolute atomic E-state index is 13.3. The summed E-state index contributed by atoms with van der Waals surface area (Å²) in [5.74, 6) is 1.30. The van der Waals surface area contributed by atoms with E-state index in [1.54, 1.807) is 26.4 Å². The summed E-state index contributed by atoms with van der Waals surface area (Å²) in [7, 11) is 3.23. The van der Waals surface area contributed by atoms with Crippen LogP contribution in [0.25, 0.3) is 10.9 Å². The molecule has 2 aromatic carbocycles. The van der Waals surface area contributed by atoms with Crippen molar-refractivity contribution in [2.45, 2.75) is 12.5 Å². The summed E-state index contributed by atoms with van der Waals surface area (Å²) in [6, 6.07) is 17.9. The van der Waals surface area contributed by atoms with Gasteiger partial charge in [0.25, 0.3) is 0 Å². The highest BCUT2D eigenvalue weighted by Gasteiger charge is 2.36. The van der Waals surface area contributed by atoms with Gasteiger partial charge in [0, 0.05) is 17.4 Å². The molecule has 0 N–H and O–H groups in total. The third kappa shape index (κ3) is 3.91. The number of halogens is 1. The summed E-state index contributed by atoms with van der Waals surface area (Å²) >= 11 is 6.61. The maximum Gasteiger partial charge on any atom is 0.310 e. The van der Waals surface area contributed by atoms with Gasteiger partial charge in [-0.25, -0.2) is 9.99 Å². The molecule has 0 fully saturated rings. The maximum atomic E-state index is 13.3. The SMILES string of the molecule is COc1ccc(C2=NN(C(=O)c3ccco3)C(c3cc4cc(OC)ccc4nc3Cl)C2)cc1. The number of nitrogens with zero attached hydrogens (tertiary/aromatic N) is 3. The zero-order chi connectivity index (χ0) is 22.9. The van der Waals surface area contributed by atoms with Gasteiger partial charge in [-0.05, 0) is 66.2 Å². The minimum absolute atomic E-state index is 0.200. The molecule has 8 heteroatoms. The van der Waals surface area contributed by atoms with Crippen LogP contribution in [-0.4, -0.2) is 35.8 Å². The highest BCUT2D eigenvalue weighted by atomic mass is 35.5. The highest BCUT2D eigenvalue weighted by molar-refractivity contribution is 6.30. The number of fused-ring (bicyclic) bond motifs is 1. The van der Waals surface area contributed by atoms with Crippen LogP contribution in [0, 0.1) is 0 Å². The van der Waals surface area contributed by atoms with Crippen LogP contribution in [0.1, 0.15) is 34.1 Å². The van der Waals surface area contributed by atoms with E-state index in [1.165, 1.54) is 11.3 Å². The van der Waals surface area contributed by atoms with Crippen LogP contribution in [0.15, 0.2) is 76.4 Å². The second-order valence-corrected chi connectivity index (χ2v) is 7.91. The Morgan fingerprint density at radius 1 is 1.06 bits per heavy atom. The van der Waals surface area contributed by atoms with Gasteiger partial charge in [0.15, 0.2) is 5.76 Å². The van der Waals surface area contributed by atoms with Crippen LogP contribution < -0.4 is 9.47 Å². The van der Waals surface area contributed by atoms with Gasteiger partial charge in [-0.3, -0.25) is 4.79 Å². The van der Waals surface area contributed by atoms with Gasteiger partial charge in [-0.2, -0.15) is 5.10 Å². The van der Waals surface area contributed by atoms with Crippen LogP contribution in [0.3, 0.4) is 0 Å². The molecule has 166 valence electrons. The number of carbonyl (C=O) groups excluding carboxylic acids is 1. The van der Waals surface area contributed by atoms with Crippen molar-refractivity contribution in [2.24, 2.45) is 5.10 Å². The number of rotatable bonds is 5. The fourth-order valence-electron chi connectivity index (χ4n) is 3.92. The largest absolute Gasteiger partial charge is 0.497 e. The Labute approximate surface area is 195 Å². The number of hydrogen-bond acceptors (Lipinski definition) is 6. The molecule has 1 atom stereocenters. The van der Waals surface area contributed by atoms with Gasteiger partial charge in [0.1, 0.15) is 16.7 Å². The molecule has 1 unspecified atom stereocenters. The zero-order valence-electron chi connectivity index (χ0n) is 18.0. The predicted molar refractivity (Wildman–Crippen MR) is 125 cm³/mol. The number of methoxy groups -OCH3 is 2. The summed E-state index contributed by atoms with van der Waals surface area (Å²) in [5, 5.41) is 7.27. The molecular formula is C25H20ClN3O4. The standard InChI is InChI=1S/C25H20ClN3O4/c1-31-17-7-5-15(6-8-17)21-14-22(29(28-21)25(30)23-4-3-11-33-23)19-13-16-12-18(32-2)9-10-20(16)27-24(19)26/h3-13,22H,14H2,1-2H3. The van der Waals surface area contributed by atoms with Crippen molar-refractivity contribution < 1.29 is 18.7 Å². The third-order valence-electron chi connectivity index (χ3n) is 5.64. The van der Waals surface area contributed by atoms with E-state index in [0.29, 0.717) is 22.9 Å². The van der Waals surface area contributed by atoms with Crippen LogP contribution in [-0.2, 0) is 0 Å². The van der Waals surface area contributed by atoms with Crippen LogP contribution >= 0.6 is 11.6 Å². The average molecular weight is 462 g/mol. The van der Waals surface area contributed by atoms with E-state index in [0.717, 1.165) is 27.9 Å². The first-order valence-electron chi connectivity index (χ1n) is 10.3. The molecule has 0 bridgehead atoms. The Bertz CT molecular complexity index is 1350. The molecule has 0 spiro atoms. The minimum atomic E-state index is -0.449. The molecule has 2 aromatic heterocycles. The smallest absolute Gasteiger partial charge is 0.310 e. The molecule has 0 saturated carbocycles. The van der Waals surface area contributed by atoms with Crippen LogP contribution in [0.4, 0.5) is 0 Å². The van der Waals surface area contributed by atoms with E-state index in [4.69, 9.17) is 25.5 Å². The van der Waals surface area contributed by atoms with E-state index in [-0.39, 0.29) is 11.7 Å². The molecular weight excluding hydrogens is 442 g/mol. The van der Waals surface area contributed by atoms with Gasteiger partial charge in [-0.15, -0.1) is 0 Å². The lowest BCUT2D eigenvalue weighted by Gasteiger charge is -2.22. The summed E-state index contributed by atoms with van der Waals surface area (Å²) < 4.78 is 16.0. The molecule has 7 nitrogen and oxygen atoms in total. The van der Waals surface area contributed by atoms with Crippen molar-refractivity contribution in [1.82, 2.24) is 9.99 Å². The monoisotopic (exact) mass is 461 g/mol. The van der Waals surface area contributed by atoms with Crippen LogP contribution in [0.5, 0.6) is 11.5 Å². The highest BCUT2D eigenvalue weighted by Crippen LogP contribution is 2.38. The average Bonchev–Trinajstić information content (AvgIpc) is 3.54. The van der Waals surface area contributed by atoms with E-state index < -0.39 is 6.04 Å². The molecule has 1 aliphatic rings. The molecule has 1 aliphatic heterocycles. The molecule has 0 radical (unpaired) electrons. The number of benzene rings is 2. The van der Waals surface area contributed by atoms with Gasteiger partial charge in [0.05, 0.1) is 37.8 Å². The number of amides is 1. The van der Waals surface area contributed by atoms with Crippen molar-refractivity contribution in [1.29, 1.82) is 0 Å². The Kier molecular flexibility index (Phi) is 5.48. The Hall–Kier alpha value is -3.84. The predicted octanol–water partition coefficient (Wildman–Crippen LogP) is 5.49. The quantitative estimate of drug-likeness (QED) is 0.367. The lowest BCUT2D eigenvalue weighted by Crippen LogP contribution is -2.27. The summed E-state index contributed by atoms with van der Waals surface area (Å²) in [5.41, 5.74) is 3.08. The van der Waals surface area contributed by atoms with Crippen molar-refractivity contribution in [3.8, 4) is 11.5 Å². The number of hydrogen-bond donors (Lipinski definition) is 0. The topological polar surface area (TPSA) is 77.2 Å². The van der Waals surface area contributed by atoms with E-state index >= 15 is 0 Å². The summed E-state index contributed by atoms with van der Waals surface area (Å²) in [4.78, 5) is 17.8. The molecule has 3 heterocycles. The number of aromatic nitrogens is 1. The third-order valence-corrected chi connectivity index (χ3v) is 5.94. The van der Waals surface area contributed by atoms with Gasteiger partial charge < -0.3 is 13.9 Å². The molecule has 4 aromatic rings. The minimum Gasteiger partial charge on any atom is -0.497 e. The first-order valence-corrected chi connectivity index (χ1v) is 10.7. The molecule has 5 rings (SSSR count). The second-order valence-electron chi connectivity index (χ2n) is 7.55. The van der Waals surface area contributed by atoms with Crippen molar-refractivity contribution in [2.75, 3.05) is 14.2 Å². The molecule has 33 heavy (non-hydrogen) atoms. The van der Waals surface area contributed by atoms with Gasteiger partial charge in [0.2, 0.25) is 0 Å². The zero-order valence-corrected chi connectivity index (χ0v) is 18.7. The lowest BCUT2D eigenvalue weighted by molar-refractivity contribution is 0.0678. The Morgan fingerprint density at radius 2 is 1.82 bits per heavy atom. The molecule has 0 saturated heterocycles. The fourth-order valence-corrected chi connectivity index (χ4v) is 4.19. The Balaban J connectivity index is 1.58. The normalized spacial score (nSPS) is 15.5. The molecule has 0 aliphatic carbocycles. The van der Waals surface area contributed by atoms with Crippen molar-refractivity contribution in [3.63, 3.8) is 0 Å². The first-order chi connectivity index (χ1) is 16.1. The first kappa shape index (κ1) is 21.0. The number of hydrazone groups is 1. The summed E-state index contributed by atoms with van der Waals surface area (Å²) in [6.45, 7) is 0. The van der Waals surface area contributed by atoms with Gasteiger partial charge in [-0.1, -0.05) is 11.6 Å². The number of pyridine rings is 1. The van der Waals surface area contributed by atoms with E-state index in [2.05, 4.69) is 10.1 Å². The van der Waals surface area contributed by atoms with E-state index in [9.17, 15) is 4.79 Å². The Morgan fingerprint density at radius 3 is 2.52 bits per heavy atom. The lowest BCUT2D eigenvalue weighted by atomic mass is 9.98. The number of carbonyl (C=O) groups is 1. The van der Waals surface area contributed by atoms with Gasteiger partial charge >= 0.3 is 5.91 Å².